The van der Waals surface area contributed by atoms with Crippen molar-refractivity contribution in [2.75, 3.05) is 33.0 Å². The van der Waals surface area contributed by atoms with E-state index in [1.807, 2.05) is 11.8 Å². The van der Waals surface area contributed by atoms with Crippen molar-refractivity contribution >= 4 is 5.91 Å². The summed E-state index contributed by atoms with van der Waals surface area (Å²) < 4.78 is 10.5. The van der Waals surface area contributed by atoms with Gasteiger partial charge < -0.3 is 20.1 Å². The number of rotatable bonds is 1. The summed E-state index contributed by atoms with van der Waals surface area (Å²) in [6.45, 7) is 4.75. The maximum atomic E-state index is 12.2. The first-order chi connectivity index (χ1) is 7.13. The van der Waals surface area contributed by atoms with Crippen molar-refractivity contribution in [3.63, 3.8) is 0 Å². The smallest absolute Gasteiger partial charge is 0.245 e. The van der Waals surface area contributed by atoms with Gasteiger partial charge in [-0.25, -0.2) is 0 Å². The number of morpholine rings is 1. The van der Waals surface area contributed by atoms with Gasteiger partial charge in [0, 0.05) is 13.2 Å². The Morgan fingerprint density at radius 2 is 2.27 bits per heavy atom. The van der Waals surface area contributed by atoms with Crippen LogP contribution in [0, 0.1) is 0 Å². The third-order valence-corrected chi connectivity index (χ3v) is 3.11. The number of hydrogen-bond acceptors (Lipinski definition) is 4. The first-order valence-corrected chi connectivity index (χ1v) is 5.39. The SMILES string of the molecule is CC1COCCN1C(=O)C1(N)CCOC1. The Labute approximate surface area is 89.5 Å². The van der Waals surface area contributed by atoms with Gasteiger partial charge in [-0.15, -0.1) is 0 Å². The monoisotopic (exact) mass is 214 g/mol. The summed E-state index contributed by atoms with van der Waals surface area (Å²) in [4.78, 5) is 14.0. The Morgan fingerprint density at radius 3 is 2.87 bits per heavy atom. The average molecular weight is 214 g/mol. The zero-order valence-corrected chi connectivity index (χ0v) is 9.07. The quantitative estimate of drug-likeness (QED) is 0.630. The van der Waals surface area contributed by atoms with Crippen molar-refractivity contribution < 1.29 is 14.3 Å². The van der Waals surface area contributed by atoms with Gasteiger partial charge in [-0.2, -0.15) is 0 Å². The molecule has 2 rings (SSSR count). The molecule has 2 saturated heterocycles. The van der Waals surface area contributed by atoms with Crippen LogP contribution in [0.2, 0.25) is 0 Å². The third-order valence-electron chi connectivity index (χ3n) is 3.11. The van der Waals surface area contributed by atoms with E-state index >= 15 is 0 Å². The molecule has 86 valence electrons. The number of nitrogens with zero attached hydrogens (tertiary/aromatic N) is 1. The largest absolute Gasteiger partial charge is 0.379 e. The van der Waals surface area contributed by atoms with Gasteiger partial charge in [0.1, 0.15) is 5.54 Å². The molecule has 0 aromatic heterocycles. The summed E-state index contributed by atoms with van der Waals surface area (Å²) in [5.74, 6) is 0.0100. The zero-order chi connectivity index (χ0) is 10.9. The highest BCUT2D eigenvalue weighted by Gasteiger charge is 2.42. The predicted molar refractivity (Wildman–Crippen MR) is 54.3 cm³/mol. The van der Waals surface area contributed by atoms with Crippen LogP contribution < -0.4 is 5.73 Å². The van der Waals surface area contributed by atoms with Crippen molar-refractivity contribution in [3.05, 3.63) is 0 Å². The summed E-state index contributed by atoms with van der Waals surface area (Å²) in [7, 11) is 0. The number of carbonyl (C=O) groups is 1. The molecule has 1 amide bonds. The molecule has 2 aliphatic heterocycles. The van der Waals surface area contributed by atoms with Gasteiger partial charge in [0.2, 0.25) is 5.91 Å². The highest BCUT2D eigenvalue weighted by atomic mass is 16.5. The van der Waals surface area contributed by atoms with E-state index in [0.717, 1.165) is 0 Å². The fraction of sp³-hybridized carbons (Fsp3) is 0.900. The molecule has 15 heavy (non-hydrogen) atoms. The molecule has 2 aliphatic rings. The normalized spacial score (nSPS) is 36.9. The lowest BCUT2D eigenvalue weighted by Crippen LogP contribution is -2.60. The molecular weight excluding hydrogens is 196 g/mol. The number of hydrogen-bond donors (Lipinski definition) is 1. The van der Waals surface area contributed by atoms with E-state index in [-0.39, 0.29) is 11.9 Å². The number of nitrogens with two attached hydrogens (primary N) is 1. The number of carbonyl (C=O) groups excluding carboxylic acids is 1. The predicted octanol–water partition coefficient (Wildman–Crippen LogP) is -0.648. The van der Waals surface area contributed by atoms with Crippen LogP contribution in [0.1, 0.15) is 13.3 Å². The van der Waals surface area contributed by atoms with Crippen LogP contribution in [0.4, 0.5) is 0 Å². The summed E-state index contributed by atoms with van der Waals surface area (Å²) >= 11 is 0. The molecule has 5 heteroatoms. The van der Waals surface area contributed by atoms with Crippen molar-refractivity contribution in [1.82, 2.24) is 4.90 Å². The minimum absolute atomic E-state index is 0.0100. The minimum atomic E-state index is -0.800. The minimum Gasteiger partial charge on any atom is -0.379 e. The summed E-state index contributed by atoms with van der Waals surface area (Å²) in [6, 6.07) is 0.118. The number of amides is 1. The van der Waals surface area contributed by atoms with Crippen LogP contribution >= 0.6 is 0 Å². The Morgan fingerprint density at radius 1 is 1.47 bits per heavy atom. The molecule has 0 bridgehead atoms. The van der Waals surface area contributed by atoms with E-state index in [4.69, 9.17) is 15.2 Å². The van der Waals surface area contributed by atoms with Gasteiger partial charge in [0.05, 0.1) is 25.9 Å². The van der Waals surface area contributed by atoms with Crippen molar-refractivity contribution in [2.45, 2.75) is 24.9 Å². The first-order valence-electron chi connectivity index (χ1n) is 5.39. The molecule has 0 aromatic carbocycles. The highest BCUT2D eigenvalue weighted by Crippen LogP contribution is 2.20. The van der Waals surface area contributed by atoms with E-state index < -0.39 is 5.54 Å². The lowest BCUT2D eigenvalue weighted by Gasteiger charge is -2.37. The van der Waals surface area contributed by atoms with E-state index in [1.165, 1.54) is 0 Å². The molecule has 2 N–H and O–H groups in total. The molecule has 0 aromatic rings. The molecule has 2 atom stereocenters. The number of ether oxygens (including phenoxy) is 2. The second-order valence-electron chi connectivity index (χ2n) is 4.38. The molecule has 0 spiro atoms. The van der Waals surface area contributed by atoms with Crippen LogP contribution in [0.25, 0.3) is 0 Å². The summed E-state index contributed by atoms with van der Waals surface area (Å²) in [5.41, 5.74) is 5.24. The van der Waals surface area contributed by atoms with Crippen molar-refractivity contribution in [1.29, 1.82) is 0 Å². The fourth-order valence-corrected chi connectivity index (χ4v) is 2.06. The highest BCUT2D eigenvalue weighted by molar-refractivity contribution is 5.87. The average Bonchev–Trinajstić information content (AvgIpc) is 2.66. The summed E-state index contributed by atoms with van der Waals surface area (Å²) in [5, 5.41) is 0. The summed E-state index contributed by atoms with van der Waals surface area (Å²) in [6.07, 6.45) is 0.621. The Kier molecular flexibility index (Phi) is 2.95. The van der Waals surface area contributed by atoms with Gasteiger partial charge in [0.15, 0.2) is 0 Å². The molecule has 0 saturated carbocycles. The maximum Gasteiger partial charge on any atom is 0.245 e. The van der Waals surface area contributed by atoms with Crippen LogP contribution in [-0.2, 0) is 14.3 Å². The second kappa shape index (κ2) is 4.08. The van der Waals surface area contributed by atoms with Crippen LogP contribution in [0.15, 0.2) is 0 Å². The maximum absolute atomic E-state index is 12.2. The third kappa shape index (κ3) is 2.00. The Balaban J connectivity index is 2.05. The second-order valence-corrected chi connectivity index (χ2v) is 4.38. The molecular formula is C10H18N2O3. The van der Waals surface area contributed by atoms with Crippen molar-refractivity contribution in [3.8, 4) is 0 Å². The van der Waals surface area contributed by atoms with E-state index in [9.17, 15) is 4.79 Å². The molecule has 0 radical (unpaired) electrons. The molecule has 2 heterocycles. The Hall–Kier alpha value is -0.650. The van der Waals surface area contributed by atoms with Gasteiger partial charge in [-0.05, 0) is 13.3 Å². The zero-order valence-electron chi connectivity index (χ0n) is 9.07. The lowest BCUT2D eigenvalue weighted by molar-refractivity contribution is -0.145. The van der Waals surface area contributed by atoms with Gasteiger partial charge >= 0.3 is 0 Å². The molecule has 2 fully saturated rings. The molecule has 5 nitrogen and oxygen atoms in total. The topological polar surface area (TPSA) is 64.8 Å². The van der Waals surface area contributed by atoms with Crippen LogP contribution in [-0.4, -0.2) is 55.4 Å². The first kappa shape index (κ1) is 10.9. The van der Waals surface area contributed by atoms with E-state index in [2.05, 4.69) is 0 Å². The van der Waals surface area contributed by atoms with Gasteiger partial charge in [-0.1, -0.05) is 0 Å². The van der Waals surface area contributed by atoms with Crippen molar-refractivity contribution in [2.24, 2.45) is 5.73 Å². The van der Waals surface area contributed by atoms with Crippen LogP contribution in [0.3, 0.4) is 0 Å². The molecule has 0 aliphatic carbocycles. The van der Waals surface area contributed by atoms with E-state index in [0.29, 0.717) is 39.4 Å². The standard InChI is InChI=1S/C10H18N2O3/c1-8-6-14-5-3-12(8)9(13)10(11)2-4-15-7-10/h8H,2-7,11H2,1H3. The van der Waals surface area contributed by atoms with Crippen LogP contribution in [0.5, 0.6) is 0 Å². The Bertz CT molecular complexity index is 251. The van der Waals surface area contributed by atoms with Gasteiger partial charge in [0.25, 0.3) is 0 Å². The van der Waals surface area contributed by atoms with Gasteiger partial charge in [-0.3, -0.25) is 4.79 Å². The lowest BCUT2D eigenvalue weighted by atomic mass is 9.97. The van der Waals surface area contributed by atoms with E-state index in [1.54, 1.807) is 0 Å². The molecule has 2 unspecified atom stereocenters. The fourth-order valence-electron chi connectivity index (χ4n) is 2.06.